The number of nitrogens with one attached hydrogen (secondary N) is 1. The molecule has 150 valence electrons. The second-order valence-electron chi connectivity index (χ2n) is 7.39. The minimum Gasteiger partial charge on any atom is -0.372 e. The SMILES string of the molecule is CCN(CC)c1ccc(N2CCN(C(=O)Nc3ccc(C)c(C)c3)CC2)cc1. The molecule has 0 unspecified atom stereocenters. The number of urea groups is 1. The molecule has 2 amide bonds. The van der Waals surface area contributed by atoms with Crippen LogP contribution in [-0.4, -0.2) is 50.2 Å². The maximum Gasteiger partial charge on any atom is 0.321 e. The lowest BCUT2D eigenvalue weighted by atomic mass is 10.1. The molecule has 3 rings (SSSR count). The first-order valence-electron chi connectivity index (χ1n) is 10.2. The topological polar surface area (TPSA) is 38.8 Å². The molecular formula is C23H32N4O. The quantitative estimate of drug-likeness (QED) is 0.830. The first-order chi connectivity index (χ1) is 13.5. The smallest absolute Gasteiger partial charge is 0.321 e. The highest BCUT2D eigenvalue weighted by Crippen LogP contribution is 2.22. The molecule has 1 fully saturated rings. The van der Waals surface area contributed by atoms with Gasteiger partial charge in [-0.05, 0) is 75.2 Å². The molecule has 0 aromatic heterocycles. The summed E-state index contributed by atoms with van der Waals surface area (Å²) in [5.74, 6) is 0. The zero-order valence-corrected chi connectivity index (χ0v) is 17.5. The number of hydrogen-bond donors (Lipinski definition) is 1. The van der Waals surface area contributed by atoms with Crippen LogP contribution >= 0.6 is 0 Å². The van der Waals surface area contributed by atoms with Crippen molar-refractivity contribution in [3.05, 3.63) is 53.6 Å². The van der Waals surface area contributed by atoms with Crippen LogP contribution in [0.5, 0.6) is 0 Å². The third kappa shape index (κ3) is 4.58. The lowest BCUT2D eigenvalue weighted by Crippen LogP contribution is -2.50. The van der Waals surface area contributed by atoms with E-state index in [2.05, 4.69) is 67.1 Å². The maximum absolute atomic E-state index is 12.6. The van der Waals surface area contributed by atoms with Gasteiger partial charge in [0, 0.05) is 56.3 Å². The average molecular weight is 381 g/mol. The Labute approximate surface area is 168 Å². The fraction of sp³-hybridized carbons (Fsp3) is 0.435. The predicted octanol–water partition coefficient (Wildman–Crippen LogP) is 4.50. The molecule has 0 radical (unpaired) electrons. The molecule has 1 heterocycles. The van der Waals surface area contributed by atoms with Crippen molar-refractivity contribution in [3.63, 3.8) is 0 Å². The Hall–Kier alpha value is -2.69. The van der Waals surface area contributed by atoms with Crippen LogP contribution in [0.1, 0.15) is 25.0 Å². The molecule has 0 atom stereocenters. The lowest BCUT2D eigenvalue weighted by molar-refractivity contribution is 0.208. The molecule has 1 saturated heterocycles. The maximum atomic E-state index is 12.6. The highest BCUT2D eigenvalue weighted by atomic mass is 16.2. The Morgan fingerprint density at radius 3 is 2.14 bits per heavy atom. The summed E-state index contributed by atoms with van der Waals surface area (Å²) in [7, 11) is 0. The van der Waals surface area contributed by atoms with E-state index in [0.29, 0.717) is 0 Å². The van der Waals surface area contributed by atoms with Gasteiger partial charge in [-0.25, -0.2) is 4.79 Å². The Morgan fingerprint density at radius 1 is 0.929 bits per heavy atom. The summed E-state index contributed by atoms with van der Waals surface area (Å²) in [5.41, 5.74) is 5.78. The van der Waals surface area contributed by atoms with Crippen molar-refractivity contribution in [2.75, 3.05) is 54.4 Å². The molecule has 5 nitrogen and oxygen atoms in total. The highest BCUT2D eigenvalue weighted by molar-refractivity contribution is 5.89. The van der Waals surface area contributed by atoms with Crippen LogP contribution in [0.3, 0.4) is 0 Å². The number of anilines is 3. The molecule has 0 saturated carbocycles. The van der Waals surface area contributed by atoms with Crippen LogP contribution in [0.2, 0.25) is 0 Å². The normalized spacial score (nSPS) is 14.1. The third-order valence-electron chi connectivity index (χ3n) is 5.67. The van der Waals surface area contributed by atoms with Gasteiger partial charge in [0.25, 0.3) is 0 Å². The van der Waals surface area contributed by atoms with Gasteiger partial charge in [0.05, 0.1) is 0 Å². The fourth-order valence-corrected chi connectivity index (χ4v) is 3.65. The van der Waals surface area contributed by atoms with Crippen molar-refractivity contribution in [2.24, 2.45) is 0 Å². The van der Waals surface area contributed by atoms with Gasteiger partial charge in [0.2, 0.25) is 0 Å². The van der Waals surface area contributed by atoms with E-state index < -0.39 is 0 Å². The van der Waals surface area contributed by atoms with Crippen LogP contribution < -0.4 is 15.1 Å². The van der Waals surface area contributed by atoms with Gasteiger partial charge in [-0.3, -0.25) is 0 Å². The summed E-state index contributed by atoms with van der Waals surface area (Å²) in [6, 6.07) is 14.8. The molecule has 28 heavy (non-hydrogen) atoms. The van der Waals surface area contributed by atoms with Gasteiger partial charge >= 0.3 is 6.03 Å². The number of piperazine rings is 1. The highest BCUT2D eigenvalue weighted by Gasteiger charge is 2.21. The zero-order valence-electron chi connectivity index (χ0n) is 17.5. The van der Waals surface area contributed by atoms with Crippen molar-refractivity contribution in [2.45, 2.75) is 27.7 Å². The van der Waals surface area contributed by atoms with E-state index in [4.69, 9.17) is 0 Å². The Kier molecular flexibility index (Phi) is 6.45. The molecule has 2 aromatic carbocycles. The fourth-order valence-electron chi connectivity index (χ4n) is 3.65. The minimum atomic E-state index is -0.0141. The van der Waals surface area contributed by atoms with Crippen LogP contribution in [0.25, 0.3) is 0 Å². The van der Waals surface area contributed by atoms with Crippen molar-refractivity contribution in [1.29, 1.82) is 0 Å². The molecule has 0 aliphatic carbocycles. The Morgan fingerprint density at radius 2 is 1.57 bits per heavy atom. The largest absolute Gasteiger partial charge is 0.372 e. The predicted molar refractivity (Wildman–Crippen MR) is 119 cm³/mol. The van der Waals surface area contributed by atoms with Crippen LogP contribution in [0, 0.1) is 13.8 Å². The Bertz CT molecular complexity index is 791. The number of hydrogen-bond acceptors (Lipinski definition) is 3. The summed E-state index contributed by atoms with van der Waals surface area (Å²) in [4.78, 5) is 19.2. The number of rotatable bonds is 5. The van der Waals surface area contributed by atoms with Crippen molar-refractivity contribution < 1.29 is 4.79 Å². The van der Waals surface area contributed by atoms with Gasteiger partial charge in [0.15, 0.2) is 0 Å². The van der Waals surface area contributed by atoms with Gasteiger partial charge < -0.3 is 20.0 Å². The van der Waals surface area contributed by atoms with Crippen LogP contribution in [0.15, 0.2) is 42.5 Å². The molecule has 2 aromatic rings. The summed E-state index contributed by atoms with van der Waals surface area (Å²) in [5, 5.41) is 3.03. The summed E-state index contributed by atoms with van der Waals surface area (Å²) < 4.78 is 0. The van der Waals surface area contributed by atoms with Crippen molar-refractivity contribution in [3.8, 4) is 0 Å². The molecule has 1 aliphatic rings. The van der Waals surface area contributed by atoms with Gasteiger partial charge in [-0.2, -0.15) is 0 Å². The average Bonchev–Trinajstić information content (AvgIpc) is 2.72. The zero-order chi connectivity index (χ0) is 20.1. The van der Waals surface area contributed by atoms with E-state index in [-0.39, 0.29) is 6.03 Å². The number of amides is 2. The number of aryl methyl sites for hydroxylation is 2. The Balaban J connectivity index is 1.55. The van der Waals surface area contributed by atoms with E-state index in [1.54, 1.807) is 0 Å². The van der Waals surface area contributed by atoms with E-state index in [9.17, 15) is 4.79 Å². The van der Waals surface area contributed by atoms with E-state index >= 15 is 0 Å². The third-order valence-corrected chi connectivity index (χ3v) is 5.67. The first kappa shape index (κ1) is 20.1. The summed E-state index contributed by atoms with van der Waals surface area (Å²) >= 11 is 0. The van der Waals surface area contributed by atoms with Crippen LogP contribution in [-0.2, 0) is 0 Å². The van der Waals surface area contributed by atoms with Gasteiger partial charge in [-0.15, -0.1) is 0 Å². The second-order valence-corrected chi connectivity index (χ2v) is 7.39. The molecule has 0 bridgehead atoms. The molecule has 1 N–H and O–H groups in total. The summed E-state index contributed by atoms with van der Waals surface area (Å²) in [6.07, 6.45) is 0. The van der Waals surface area contributed by atoms with Crippen molar-refractivity contribution in [1.82, 2.24) is 4.90 Å². The summed E-state index contributed by atoms with van der Waals surface area (Å²) in [6.45, 7) is 13.7. The number of benzene rings is 2. The van der Waals surface area contributed by atoms with Gasteiger partial charge in [-0.1, -0.05) is 6.07 Å². The number of carbonyl (C=O) groups is 1. The minimum absolute atomic E-state index is 0.0141. The van der Waals surface area contributed by atoms with E-state index in [1.165, 1.54) is 22.5 Å². The van der Waals surface area contributed by atoms with Crippen molar-refractivity contribution >= 4 is 23.1 Å². The van der Waals surface area contributed by atoms with Gasteiger partial charge in [0.1, 0.15) is 0 Å². The second kappa shape index (κ2) is 9.00. The monoisotopic (exact) mass is 380 g/mol. The van der Waals surface area contributed by atoms with E-state index in [0.717, 1.165) is 45.0 Å². The lowest BCUT2D eigenvalue weighted by Gasteiger charge is -2.36. The number of carbonyl (C=O) groups excluding carboxylic acids is 1. The standard InChI is InChI=1S/C23H32N4O/c1-5-25(6-2)21-9-11-22(12-10-21)26-13-15-27(16-14-26)23(28)24-20-8-7-18(3)19(4)17-20/h7-12,17H,5-6,13-16H2,1-4H3,(H,24,28). The molecule has 5 heteroatoms. The van der Waals surface area contributed by atoms with Crippen LogP contribution in [0.4, 0.5) is 21.9 Å². The van der Waals surface area contributed by atoms with E-state index in [1.807, 2.05) is 23.1 Å². The first-order valence-corrected chi connectivity index (χ1v) is 10.2. The number of nitrogens with zero attached hydrogens (tertiary/aromatic N) is 3. The molecular weight excluding hydrogens is 348 g/mol. The molecule has 1 aliphatic heterocycles. The molecule has 0 spiro atoms.